The lowest BCUT2D eigenvalue weighted by molar-refractivity contribution is -0.131. The van der Waals surface area contributed by atoms with Gasteiger partial charge >= 0.3 is 0 Å². The van der Waals surface area contributed by atoms with Gasteiger partial charge < -0.3 is 14.5 Å². The highest BCUT2D eigenvalue weighted by Gasteiger charge is 2.49. The van der Waals surface area contributed by atoms with Crippen LogP contribution in [-0.4, -0.2) is 48.4 Å². The summed E-state index contributed by atoms with van der Waals surface area (Å²) in [5, 5.41) is 0. The molecule has 0 unspecified atom stereocenters. The van der Waals surface area contributed by atoms with E-state index in [2.05, 4.69) is 0 Å². The zero-order valence-electron chi connectivity index (χ0n) is 17.4. The van der Waals surface area contributed by atoms with Crippen molar-refractivity contribution < 1.29 is 18.7 Å². The molecule has 5 nitrogen and oxygen atoms in total. The summed E-state index contributed by atoms with van der Waals surface area (Å²) in [5.74, 6) is 0.997. The summed E-state index contributed by atoms with van der Waals surface area (Å²) in [6, 6.07) is 14.1. The van der Waals surface area contributed by atoms with Gasteiger partial charge in [0.15, 0.2) is 0 Å². The quantitative estimate of drug-likeness (QED) is 0.759. The summed E-state index contributed by atoms with van der Waals surface area (Å²) in [7, 11) is 1.63. The van der Waals surface area contributed by atoms with Crippen molar-refractivity contribution in [1.29, 1.82) is 0 Å². The Morgan fingerprint density at radius 3 is 2.53 bits per heavy atom. The normalized spacial score (nSPS) is 22.8. The van der Waals surface area contributed by atoms with Crippen molar-refractivity contribution in [3.63, 3.8) is 0 Å². The van der Waals surface area contributed by atoms with Crippen LogP contribution in [0.25, 0.3) is 0 Å². The molecule has 4 rings (SSSR count). The smallest absolute Gasteiger partial charge is 0.222 e. The van der Waals surface area contributed by atoms with Crippen molar-refractivity contribution in [3.05, 3.63) is 65.5 Å². The third-order valence-electron chi connectivity index (χ3n) is 6.40. The van der Waals surface area contributed by atoms with Gasteiger partial charge in [0, 0.05) is 44.8 Å². The summed E-state index contributed by atoms with van der Waals surface area (Å²) >= 11 is 0. The number of hydrogen-bond donors (Lipinski definition) is 0. The fourth-order valence-electron chi connectivity index (χ4n) is 4.89. The number of carbonyl (C=O) groups is 2. The molecule has 2 heterocycles. The molecule has 0 spiro atoms. The van der Waals surface area contributed by atoms with Gasteiger partial charge in [0.1, 0.15) is 11.6 Å². The van der Waals surface area contributed by atoms with E-state index in [1.165, 1.54) is 12.1 Å². The van der Waals surface area contributed by atoms with E-state index in [0.29, 0.717) is 32.5 Å². The number of nitrogens with zero attached hydrogens (tertiary/aromatic N) is 2. The average Bonchev–Trinajstić information content (AvgIpc) is 3.30. The molecule has 2 aromatic carbocycles. The van der Waals surface area contributed by atoms with Crippen LogP contribution in [0, 0.1) is 17.7 Å². The van der Waals surface area contributed by atoms with Crippen LogP contribution < -0.4 is 4.74 Å². The lowest BCUT2D eigenvalue weighted by atomic mass is 9.89. The van der Waals surface area contributed by atoms with Crippen molar-refractivity contribution in [2.24, 2.45) is 11.8 Å². The summed E-state index contributed by atoms with van der Waals surface area (Å²) in [6.45, 7) is 3.44. The highest BCUT2D eigenvalue weighted by atomic mass is 19.1. The number of benzene rings is 2. The second-order valence-corrected chi connectivity index (χ2v) is 8.24. The second kappa shape index (κ2) is 8.46. The van der Waals surface area contributed by atoms with Crippen LogP contribution in [-0.2, 0) is 16.0 Å². The lowest BCUT2D eigenvalue weighted by Crippen LogP contribution is -2.36. The van der Waals surface area contributed by atoms with E-state index >= 15 is 0 Å². The molecule has 2 aromatic rings. The Balaban J connectivity index is 1.43. The first-order valence-electron chi connectivity index (χ1n) is 10.4. The van der Waals surface area contributed by atoms with Gasteiger partial charge in [-0.25, -0.2) is 4.39 Å². The number of carbonyl (C=O) groups excluding carboxylic acids is 2. The number of rotatable bonds is 5. The molecule has 2 aliphatic rings. The highest BCUT2D eigenvalue weighted by molar-refractivity contribution is 5.77. The minimum absolute atomic E-state index is 0.00366. The fourth-order valence-corrected chi connectivity index (χ4v) is 4.89. The second-order valence-electron chi connectivity index (χ2n) is 8.24. The molecule has 0 saturated carbocycles. The van der Waals surface area contributed by atoms with Gasteiger partial charge in [-0.2, -0.15) is 0 Å². The predicted octanol–water partition coefficient (Wildman–Crippen LogP) is 3.44. The van der Waals surface area contributed by atoms with Crippen LogP contribution in [0.1, 0.15) is 30.5 Å². The number of ether oxygens (including phenoxy) is 1. The van der Waals surface area contributed by atoms with Gasteiger partial charge in [-0.15, -0.1) is 0 Å². The molecule has 3 atom stereocenters. The van der Waals surface area contributed by atoms with Gasteiger partial charge in [-0.3, -0.25) is 9.59 Å². The number of halogens is 1. The summed E-state index contributed by atoms with van der Waals surface area (Å²) < 4.78 is 19.0. The van der Waals surface area contributed by atoms with Gasteiger partial charge in [0.2, 0.25) is 11.8 Å². The van der Waals surface area contributed by atoms with Crippen molar-refractivity contribution in [2.75, 3.05) is 26.7 Å². The molecule has 0 N–H and O–H groups in total. The Kier molecular flexibility index (Phi) is 5.75. The lowest BCUT2D eigenvalue weighted by Gasteiger charge is -2.29. The Morgan fingerprint density at radius 2 is 1.87 bits per heavy atom. The van der Waals surface area contributed by atoms with Gasteiger partial charge in [-0.05, 0) is 41.8 Å². The van der Waals surface area contributed by atoms with E-state index in [0.717, 1.165) is 16.9 Å². The molecular weight excluding hydrogens is 383 g/mol. The summed E-state index contributed by atoms with van der Waals surface area (Å²) in [5.41, 5.74) is 1.91. The minimum atomic E-state index is -0.301. The first kappa shape index (κ1) is 20.4. The van der Waals surface area contributed by atoms with E-state index in [4.69, 9.17) is 4.74 Å². The zero-order chi connectivity index (χ0) is 21.3. The monoisotopic (exact) mass is 410 g/mol. The largest absolute Gasteiger partial charge is 0.497 e. The van der Waals surface area contributed by atoms with Gasteiger partial charge in [0.05, 0.1) is 13.2 Å². The van der Waals surface area contributed by atoms with Crippen molar-refractivity contribution in [1.82, 2.24) is 9.80 Å². The number of aryl methyl sites for hydroxylation is 1. The molecule has 2 aliphatic heterocycles. The number of methoxy groups -OCH3 is 1. The number of fused-ring (bicyclic) bond motifs is 1. The maximum absolute atomic E-state index is 13.8. The molecule has 0 bridgehead atoms. The van der Waals surface area contributed by atoms with Crippen LogP contribution in [0.4, 0.5) is 4.39 Å². The maximum atomic E-state index is 13.8. The first-order chi connectivity index (χ1) is 14.5. The van der Waals surface area contributed by atoms with E-state index in [1.807, 2.05) is 40.1 Å². The van der Waals surface area contributed by atoms with Gasteiger partial charge in [0.25, 0.3) is 0 Å². The minimum Gasteiger partial charge on any atom is -0.497 e. The standard InChI is InChI=1S/C24H27FN2O3/c1-16(28)27-14-19-13-26(15-22(19)24(27)18-4-3-5-20(25)12-18)23(29)11-8-17-6-9-21(30-2)10-7-17/h3-7,9-10,12,19,22,24H,8,11,13-15H2,1-2H3/t19-,22-,24-/m1/s1. The van der Waals surface area contributed by atoms with Crippen molar-refractivity contribution in [3.8, 4) is 5.75 Å². The Labute approximate surface area is 176 Å². The Bertz CT molecular complexity index is 930. The van der Waals surface area contributed by atoms with Gasteiger partial charge in [-0.1, -0.05) is 24.3 Å². The molecular formula is C24H27FN2O3. The third-order valence-corrected chi connectivity index (χ3v) is 6.40. The SMILES string of the molecule is COc1ccc(CCC(=O)N2C[C@@H]3CN(C(C)=O)[C@H](c4cccc(F)c4)[C@@H]3C2)cc1. The molecule has 2 amide bonds. The molecule has 30 heavy (non-hydrogen) atoms. The molecule has 2 saturated heterocycles. The van der Waals surface area contributed by atoms with Crippen LogP contribution in [0.5, 0.6) is 5.75 Å². The number of likely N-dealkylation sites (tertiary alicyclic amines) is 2. The molecule has 6 heteroatoms. The van der Waals surface area contributed by atoms with E-state index in [1.54, 1.807) is 20.1 Å². The molecule has 158 valence electrons. The fraction of sp³-hybridized carbons (Fsp3) is 0.417. The molecule has 0 radical (unpaired) electrons. The van der Waals surface area contributed by atoms with E-state index < -0.39 is 0 Å². The number of amides is 2. The average molecular weight is 410 g/mol. The van der Waals surface area contributed by atoms with Crippen LogP contribution in [0.2, 0.25) is 0 Å². The maximum Gasteiger partial charge on any atom is 0.222 e. The predicted molar refractivity (Wildman–Crippen MR) is 111 cm³/mol. The molecule has 0 aromatic heterocycles. The van der Waals surface area contributed by atoms with Crippen molar-refractivity contribution in [2.45, 2.75) is 25.8 Å². The van der Waals surface area contributed by atoms with Crippen LogP contribution >= 0.6 is 0 Å². The van der Waals surface area contributed by atoms with E-state index in [9.17, 15) is 14.0 Å². The Morgan fingerprint density at radius 1 is 1.10 bits per heavy atom. The zero-order valence-corrected chi connectivity index (χ0v) is 17.4. The van der Waals surface area contributed by atoms with Crippen LogP contribution in [0.15, 0.2) is 48.5 Å². The van der Waals surface area contributed by atoms with Crippen LogP contribution in [0.3, 0.4) is 0 Å². The molecule has 0 aliphatic carbocycles. The highest BCUT2D eigenvalue weighted by Crippen LogP contribution is 2.45. The first-order valence-corrected chi connectivity index (χ1v) is 10.4. The Hall–Kier alpha value is -2.89. The molecule has 2 fully saturated rings. The summed E-state index contributed by atoms with van der Waals surface area (Å²) in [4.78, 5) is 28.8. The van der Waals surface area contributed by atoms with E-state index in [-0.39, 0.29) is 35.5 Å². The van der Waals surface area contributed by atoms with Crippen molar-refractivity contribution >= 4 is 11.8 Å². The summed E-state index contributed by atoms with van der Waals surface area (Å²) in [6.07, 6.45) is 1.13. The third kappa shape index (κ3) is 4.04. The number of hydrogen-bond acceptors (Lipinski definition) is 3. The topological polar surface area (TPSA) is 49.9 Å².